The Kier molecular flexibility index (Phi) is 5.33. The highest BCUT2D eigenvalue weighted by molar-refractivity contribution is 6.42. The van der Waals surface area contributed by atoms with Gasteiger partial charge >= 0.3 is 0 Å². The maximum absolute atomic E-state index is 13.0. The van der Waals surface area contributed by atoms with E-state index in [-0.39, 0.29) is 17.4 Å². The number of nitrogens with one attached hydrogen (secondary N) is 2. The third kappa shape index (κ3) is 4.47. The predicted molar refractivity (Wildman–Crippen MR) is 110 cm³/mol. The molecule has 0 saturated carbocycles. The number of carbonyl (C=O) groups excluding carboxylic acids is 1. The fourth-order valence-electron chi connectivity index (χ4n) is 2.74. The molecule has 0 unspecified atom stereocenters. The Labute approximate surface area is 175 Å². The minimum atomic E-state index is -0.361. The molecule has 0 aliphatic rings. The van der Waals surface area contributed by atoms with E-state index >= 15 is 0 Å². The number of aromatic amines is 1. The first kappa shape index (κ1) is 19.2. The van der Waals surface area contributed by atoms with E-state index in [1.165, 1.54) is 12.1 Å². The van der Waals surface area contributed by atoms with Crippen molar-refractivity contribution in [2.75, 3.05) is 5.32 Å². The van der Waals surface area contributed by atoms with Crippen molar-refractivity contribution in [3.05, 3.63) is 88.0 Å². The normalized spacial score (nSPS) is 10.9. The number of rotatable bonds is 5. The quantitative estimate of drug-likeness (QED) is 0.467. The number of nitrogens with zero attached hydrogens (tertiary/aromatic N) is 3. The molecular weight excluding hydrogens is 416 g/mol. The van der Waals surface area contributed by atoms with E-state index in [0.717, 1.165) is 5.56 Å². The fraction of sp³-hybridized carbons (Fsp3) is 0.0500. The summed E-state index contributed by atoms with van der Waals surface area (Å²) in [5.41, 5.74) is 2.99. The number of H-pyrrole nitrogens is 1. The number of benzene rings is 2. The molecule has 2 aromatic carbocycles. The van der Waals surface area contributed by atoms with Crippen molar-refractivity contribution >= 4 is 34.8 Å². The second-order valence-corrected chi connectivity index (χ2v) is 7.12. The van der Waals surface area contributed by atoms with Crippen LogP contribution in [0.4, 0.5) is 10.1 Å². The van der Waals surface area contributed by atoms with Crippen molar-refractivity contribution < 1.29 is 9.18 Å². The highest BCUT2D eigenvalue weighted by Gasteiger charge is 2.12. The van der Waals surface area contributed by atoms with Crippen LogP contribution >= 0.6 is 23.2 Å². The zero-order valence-corrected chi connectivity index (χ0v) is 16.4. The van der Waals surface area contributed by atoms with Gasteiger partial charge in [0.1, 0.15) is 11.5 Å². The summed E-state index contributed by atoms with van der Waals surface area (Å²) in [5.74, 6) is -0.694. The lowest BCUT2D eigenvalue weighted by Crippen LogP contribution is -2.11. The van der Waals surface area contributed by atoms with E-state index in [0.29, 0.717) is 33.5 Å². The second kappa shape index (κ2) is 8.06. The molecule has 4 rings (SSSR count). The van der Waals surface area contributed by atoms with Crippen LogP contribution < -0.4 is 5.32 Å². The zero-order chi connectivity index (χ0) is 20.4. The molecule has 1 amide bonds. The number of anilines is 1. The van der Waals surface area contributed by atoms with Gasteiger partial charge in [0.15, 0.2) is 0 Å². The maximum Gasteiger partial charge on any atom is 0.273 e. The predicted octanol–water partition coefficient (Wildman–Crippen LogP) is 5.02. The fourth-order valence-corrected chi connectivity index (χ4v) is 3.07. The molecule has 0 bridgehead atoms. The van der Waals surface area contributed by atoms with Crippen LogP contribution in [0.25, 0.3) is 11.3 Å². The summed E-state index contributed by atoms with van der Waals surface area (Å²) in [6, 6.07) is 12.8. The highest BCUT2D eigenvalue weighted by Crippen LogP contribution is 2.23. The maximum atomic E-state index is 13.0. The van der Waals surface area contributed by atoms with Crippen molar-refractivity contribution in [3.63, 3.8) is 0 Å². The number of hydrogen-bond acceptors (Lipinski definition) is 3. The second-order valence-electron chi connectivity index (χ2n) is 6.30. The third-order valence-electron chi connectivity index (χ3n) is 4.18. The average molecular weight is 430 g/mol. The van der Waals surface area contributed by atoms with Crippen LogP contribution in [0.5, 0.6) is 0 Å². The van der Waals surface area contributed by atoms with Crippen LogP contribution in [0, 0.1) is 5.82 Å². The molecule has 2 N–H and O–H groups in total. The third-order valence-corrected chi connectivity index (χ3v) is 4.92. The molecule has 2 heterocycles. The van der Waals surface area contributed by atoms with E-state index in [4.69, 9.17) is 23.2 Å². The summed E-state index contributed by atoms with van der Waals surface area (Å²) in [7, 11) is 0. The van der Waals surface area contributed by atoms with Gasteiger partial charge in [-0.25, -0.2) is 4.39 Å². The van der Waals surface area contributed by atoms with Gasteiger partial charge in [-0.15, -0.1) is 0 Å². The zero-order valence-electron chi connectivity index (χ0n) is 14.9. The van der Waals surface area contributed by atoms with Crippen molar-refractivity contribution in [2.45, 2.75) is 6.54 Å². The molecule has 0 saturated heterocycles. The van der Waals surface area contributed by atoms with Gasteiger partial charge in [-0.2, -0.15) is 10.2 Å². The molecule has 2 aromatic heterocycles. The van der Waals surface area contributed by atoms with Gasteiger partial charge in [0.05, 0.1) is 34.2 Å². The van der Waals surface area contributed by atoms with Crippen LogP contribution in [-0.4, -0.2) is 25.9 Å². The Morgan fingerprint density at radius 3 is 2.66 bits per heavy atom. The SMILES string of the molecule is O=C(Nc1cnn(Cc2ccc(Cl)c(Cl)c2)c1)c1cc(-c2ccc(F)cc2)n[nH]1. The molecule has 29 heavy (non-hydrogen) atoms. The molecule has 0 aliphatic carbocycles. The average Bonchev–Trinajstić information content (AvgIpc) is 3.35. The molecule has 0 fully saturated rings. The number of aromatic nitrogens is 4. The van der Waals surface area contributed by atoms with Crippen molar-refractivity contribution in [3.8, 4) is 11.3 Å². The number of amides is 1. The summed E-state index contributed by atoms with van der Waals surface area (Å²) in [6.45, 7) is 0.478. The molecular formula is C20H14Cl2FN5O. The van der Waals surface area contributed by atoms with Crippen LogP contribution in [-0.2, 0) is 6.54 Å². The van der Waals surface area contributed by atoms with E-state index in [1.54, 1.807) is 47.4 Å². The van der Waals surface area contributed by atoms with Gasteiger partial charge in [-0.3, -0.25) is 14.6 Å². The molecule has 6 nitrogen and oxygen atoms in total. The summed E-state index contributed by atoms with van der Waals surface area (Å²) in [4.78, 5) is 12.5. The van der Waals surface area contributed by atoms with E-state index in [1.807, 2.05) is 6.07 Å². The lowest BCUT2D eigenvalue weighted by atomic mass is 10.1. The van der Waals surface area contributed by atoms with Gasteiger partial charge in [-0.05, 0) is 48.0 Å². The van der Waals surface area contributed by atoms with Crippen LogP contribution in [0.15, 0.2) is 60.9 Å². The molecule has 0 aliphatic heterocycles. The van der Waals surface area contributed by atoms with Gasteiger partial charge in [0, 0.05) is 11.8 Å². The van der Waals surface area contributed by atoms with E-state index < -0.39 is 0 Å². The minimum Gasteiger partial charge on any atom is -0.318 e. The Bertz CT molecular complexity index is 1170. The van der Waals surface area contributed by atoms with Gasteiger partial charge in [-0.1, -0.05) is 29.3 Å². The standard InChI is InChI=1S/C20H14Cl2FN5O/c21-16-6-1-12(7-17(16)22)10-28-11-15(9-24-28)25-20(29)19-8-18(26-27-19)13-2-4-14(23)5-3-13/h1-9,11H,10H2,(H,25,29)(H,26,27). The monoisotopic (exact) mass is 429 g/mol. The molecule has 0 radical (unpaired) electrons. The van der Waals surface area contributed by atoms with Crippen molar-refractivity contribution in [1.29, 1.82) is 0 Å². The van der Waals surface area contributed by atoms with E-state index in [9.17, 15) is 9.18 Å². The van der Waals surface area contributed by atoms with Crippen LogP contribution in [0.2, 0.25) is 10.0 Å². The molecule has 0 atom stereocenters. The summed E-state index contributed by atoms with van der Waals surface area (Å²) < 4.78 is 14.7. The summed E-state index contributed by atoms with van der Waals surface area (Å²) in [6.07, 6.45) is 3.25. The number of carbonyl (C=O) groups is 1. The molecule has 9 heteroatoms. The van der Waals surface area contributed by atoms with Crippen molar-refractivity contribution in [2.24, 2.45) is 0 Å². The molecule has 146 valence electrons. The largest absolute Gasteiger partial charge is 0.318 e. The number of halogens is 3. The van der Waals surface area contributed by atoms with Crippen LogP contribution in [0.1, 0.15) is 16.1 Å². The van der Waals surface area contributed by atoms with Gasteiger partial charge in [0.25, 0.3) is 5.91 Å². The summed E-state index contributed by atoms with van der Waals surface area (Å²) in [5, 5.41) is 14.7. The number of hydrogen-bond donors (Lipinski definition) is 2. The molecule has 4 aromatic rings. The smallest absolute Gasteiger partial charge is 0.273 e. The van der Waals surface area contributed by atoms with Crippen molar-refractivity contribution in [1.82, 2.24) is 20.0 Å². The minimum absolute atomic E-state index is 0.279. The first-order chi connectivity index (χ1) is 14.0. The molecule has 0 spiro atoms. The first-order valence-corrected chi connectivity index (χ1v) is 9.32. The van der Waals surface area contributed by atoms with E-state index in [2.05, 4.69) is 20.6 Å². The lowest BCUT2D eigenvalue weighted by molar-refractivity contribution is 0.102. The van der Waals surface area contributed by atoms with Gasteiger partial charge < -0.3 is 5.32 Å². The topological polar surface area (TPSA) is 75.6 Å². The van der Waals surface area contributed by atoms with Gasteiger partial charge in [0.2, 0.25) is 0 Å². The van der Waals surface area contributed by atoms with Crippen LogP contribution in [0.3, 0.4) is 0 Å². The lowest BCUT2D eigenvalue weighted by Gasteiger charge is -2.03. The Balaban J connectivity index is 1.42. The highest BCUT2D eigenvalue weighted by atomic mass is 35.5. The first-order valence-electron chi connectivity index (χ1n) is 8.57. The summed E-state index contributed by atoms with van der Waals surface area (Å²) >= 11 is 12.0. The Hall–Kier alpha value is -3.16. The Morgan fingerprint density at radius 2 is 1.90 bits per heavy atom. The Morgan fingerprint density at radius 1 is 1.10 bits per heavy atom.